The normalized spacial score (nSPS) is 16.3. The number of amides is 1. The lowest BCUT2D eigenvalue weighted by Crippen LogP contribution is -2.45. The zero-order chi connectivity index (χ0) is 24.7. The summed E-state index contributed by atoms with van der Waals surface area (Å²) in [4.78, 5) is 21.6. The first-order chi connectivity index (χ1) is 16.9. The van der Waals surface area contributed by atoms with Gasteiger partial charge in [-0.15, -0.1) is 0 Å². The van der Waals surface area contributed by atoms with Crippen LogP contribution < -0.4 is 10.5 Å². The number of nitrogens with two attached hydrogens (primary N) is 1. The minimum atomic E-state index is -0.0665. The Morgan fingerprint density at radius 2 is 2.06 bits per heavy atom. The van der Waals surface area contributed by atoms with E-state index in [0.717, 1.165) is 51.4 Å². The number of thiazole rings is 1. The van der Waals surface area contributed by atoms with E-state index in [2.05, 4.69) is 13.8 Å². The highest BCUT2D eigenvalue weighted by molar-refractivity contribution is 7.14. The largest absolute Gasteiger partial charge is 0.497 e. The third kappa shape index (κ3) is 4.44. The number of piperidine rings is 1. The second-order valence-electron chi connectivity index (χ2n) is 9.53. The molecule has 0 radical (unpaired) electrons. The maximum atomic E-state index is 13.6. The van der Waals surface area contributed by atoms with Crippen molar-refractivity contribution in [1.82, 2.24) is 19.7 Å². The number of fused-ring (bicyclic) bond motifs is 1. The van der Waals surface area contributed by atoms with Gasteiger partial charge in [0.25, 0.3) is 5.91 Å². The first kappa shape index (κ1) is 23.5. The minimum absolute atomic E-state index is 0.0146. The third-order valence-corrected chi connectivity index (χ3v) is 7.81. The fraction of sp³-hybridized carbons (Fsp3) is 0.370. The molecule has 1 aliphatic heterocycles. The maximum Gasteiger partial charge on any atom is 0.275 e. The summed E-state index contributed by atoms with van der Waals surface area (Å²) in [6.45, 7) is 7.64. The van der Waals surface area contributed by atoms with Crippen molar-refractivity contribution in [3.05, 3.63) is 58.6 Å². The number of carbonyl (C=O) groups is 1. The fourth-order valence-electron chi connectivity index (χ4n) is 4.66. The Kier molecular flexibility index (Phi) is 6.34. The summed E-state index contributed by atoms with van der Waals surface area (Å²) in [6.07, 6.45) is 1.86. The van der Waals surface area contributed by atoms with Gasteiger partial charge in [0, 0.05) is 35.0 Å². The van der Waals surface area contributed by atoms with Crippen LogP contribution in [-0.4, -0.2) is 51.8 Å². The van der Waals surface area contributed by atoms with Gasteiger partial charge in [-0.1, -0.05) is 48.9 Å². The van der Waals surface area contributed by atoms with E-state index in [1.54, 1.807) is 18.4 Å². The summed E-state index contributed by atoms with van der Waals surface area (Å²) in [6, 6.07) is 14.1. The number of ether oxygens (including phenoxy) is 1. The SMILES string of the molecule is COc1cccc(-c2nc(-n3nc(C(=O)N4CCCC(N)C4)c4cc(C)ccc43)sc2C(C)C)c1. The molecule has 4 aromatic rings. The summed E-state index contributed by atoms with van der Waals surface area (Å²) < 4.78 is 7.26. The van der Waals surface area contributed by atoms with E-state index >= 15 is 0 Å². The average molecular weight is 490 g/mol. The molecule has 2 aromatic carbocycles. The highest BCUT2D eigenvalue weighted by Crippen LogP contribution is 2.37. The number of likely N-dealkylation sites (tertiary alicyclic amines) is 1. The number of aryl methyl sites for hydroxylation is 1. The first-order valence-electron chi connectivity index (χ1n) is 12.1. The predicted octanol–water partition coefficient (Wildman–Crippen LogP) is 5.15. The summed E-state index contributed by atoms with van der Waals surface area (Å²) >= 11 is 1.61. The Morgan fingerprint density at radius 3 is 2.80 bits per heavy atom. The van der Waals surface area contributed by atoms with E-state index in [4.69, 9.17) is 20.6 Å². The quantitative estimate of drug-likeness (QED) is 0.419. The molecule has 35 heavy (non-hydrogen) atoms. The molecule has 2 aromatic heterocycles. The van der Waals surface area contributed by atoms with Crippen molar-refractivity contribution in [3.8, 4) is 22.1 Å². The molecule has 0 saturated carbocycles. The molecule has 0 aliphatic carbocycles. The molecule has 8 heteroatoms. The lowest BCUT2D eigenvalue weighted by Gasteiger charge is -2.30. The van der Waals surface area contributed by atoms with Gasteiger partial charge < -0.3 is 15.4 Å². The predicted molar refractivity (Wildman–Crippen MR) is 141 cm³/mol. The van der Waals surface area contributed by atoms with Gasteiger partial charge in [-0.25, -0.2) is 9.67 Å². The van der Waals surface area contributed by atoms with Gasteiger partial charge in [0.15, 0.2) is 5.69 Å². The van der Waals surface area contributed by atoms with Crippen molar-refractivity contribution in [1.29, 1.82) is 0 Å². The second-order valence-corrected chi connectivity index (χ2v) is 10.5. The van der Waals surface area contributed by atoms with Crippen LogP contribution in [0.5, 0.6) is 5.75 Å². The number of benzene rings is 2. The molecule has 1 amide bonds. The van der Waals surface area contributed by atoms with Crippen molar-refractivity contribution in [3.63, 3.8) is 0 Å². The highest BCUT2D eigenvalue weighted by Gasteiger charge is 2.28. The molecule has 1 saturated heterocycles. The third-order valence-electron chi connectivity index (χ3n) is 6.47. The van der Waals surface area contributed by atoms with Crippen molar-refractivity contribution >= 4 is 28.1 Å². The maximum absolute atomic E-state index is 13.6. The van der Waals surface area contributed by atoms with Gasteiger partial charge in [0.2, 0.25) is 5.13 Å². The highest BCUT2D eigenvalue weighted by atomic mass is 32.1. The molecular formula is C27H31N5O2S. The summed E-state index contributed by atoms with van der Waals surface area (Å²) in [5.41, 5.74) is 10.5. The molecule has 1 aliphatic rings. The van der Waals surface area contributed by atoms with Gasteiger partial charge in [0.05, 0.1) is 18.3 Å². The van der Waals surface area contributed by atoms with Crippen LogP contribution in [0.2, 0.25) is 0 Å². The van der Waals surface area contributed by atoms with Crippen LogP contribution in [0.1, 0.15) is 53.5 Å². The molecule has 182 valence electrons. The van der Waals surface area contributed by atoms with Gasteiger partial charge in [-0.3, -0.25) is 4.79 Å². The van der Waals surface area contributed by atoms with Crippen molar-refractivity contribution in [2.75, 3.05) is 20.2 Å². The van der Waals surface area contributed by atoms with Gasteiger partial charge in [-0.2, -0.15) is 5.10 Å². The van der Waals surface area contributed by atoms with E-state index in [9.17, 15) is 4.79 Å². The minimum Gasteiger partial charge on any atom is -0.497 e. The molecule has 5 rings (SSSR count). The van der Waals surface area contributed by atoms with Gasteiger partial charge in [0.1, 0.15) is 5.75 Å². The summed E-state index contributed by atoms with van der Waals surface area (Å²) in [5, 5.41) is 6.44. The van der Waals surface area contributed by atoms with E-state index in [1.165, 1.54) is 4.88 Å². The molecule has 3 heterocycles. The standard InChI is InChI=1S/C27H31N5O2S/c1-16(2)25-23(18-7-5-9-20(14-18)34-4)29-27(35-25)32-22-11-10-17(3)13-21(22)24(30-32)26(33)31-12-6-8-19(28)15-31/h5,7,9-11,13-14,16,19H,6,8,12,15,28H2,1-4H3. The van der Waals surface area contributed by atoms with Crippen LogP contribution in [0.3, 0.4) is 0 Å². The fourth-order valence-corrected chi connectivity index (χ4v) is 5.71. The van der Waals surface area contributed by atoms with Crippen LogP contribution in [0, 0.1) is 6.92 Å². The van der Waals surface area contributed by atoms with Crippen LogP contribution in [0.4, 0.5) is 0 Å². The molecule has 2 N–H and O–H groups in total. The number of hydrogen-bond acceptors (Lipinski definition) is 6. The molecule has 0 spiro atoms. The smallest absolute Gasteiger partial charge is 0.275 e. The zero-order valence-electron chi connectivity index (χ0n) is 20.6. The lowest BCUT2D eigenvalue weighted by atomic mass is 10.1. The molecule has 1 atom stereocenters. The van der Waals surface area contributed by atoms with Crippen LogP contribution in [-0.2, 0) is 0 Å². The zero-order valence-corrected chi connectivity index (χ0v) is 21.4. The monoisotopic (exact) mass is 489 g/mol. The van der Waals surface area contributed by atoms with Crippen LogP contribution >= 0.6 is 11.3 Å². The lowest BCUT2D eigenvalue weighted by molar-refractivity contribution is 0.0704. The van der Waals surface area contributed by atoms with E-state index in [-0.39, 0.29) is 17.9 Å². The Balaban J connectivity index is 1.64. The van der Waals surface area contributed by atoms with Gasteiger partial charge in [-0.05, 0) is 49.9 Å². The van der Waals surface area contributed by atoms with Crippen molar-refractivity contribution in [2.24, 2.45) is 5.73 Å². The summed E-state index contributed by atoms with van der Waals surface area (Å²) in [7, 11) is 1.67. The number of nitrogens with zero attached hydrogens (tertiary/aromatic N) is 4. The van der Waals surface area contributed by atoms with Crippen molar-refractivity contribution < 1.29 is 9.53 Å². The molecule has 0 bridgehead atoms. The first-order valence-corrected chi connectivity index (χ1v) is 12.9. The number of carbonyl (C=O) groups excluding carboxylic acids is 1. The van der Waals surface area contributed by atoms with Crippen LogP contribution in [0.15, 0.2) is 42.5 Å². The van der Waals surface area contributed by atoms with E-state index in [0.29, 0.717) is 18.8 Å². The topological polar surface area (TPSA) is 86.3 Å². The number of hydrogen-bond donors (Lipinski definition) is 1. The molecule has 1 unspecified atom stereocenters. The van der Waals surface area contributed by atoms with Gasteiger partial charge >= 0.3 is 0 Å². The molecule has 1 fully saturated rings. The Labute approximate surface area is 209 Å². The molecule has 7 nitrogen and oxygen atoms in total. The Hall–Kier alpha value is -3.23. The number of rotatable bonds is 5. The Bertz CT molecular complexity index is 1390. The van der Waals surface area contributed by atoms with E-state index < -0.39 is 0 Å². The second kappa shape index (κ2) is 9.43. The summed E-state index contributed by atoms with van der Waals surface area (Å²) in [5.74, 6) is 1.00. The van der Waals surface area contributed by atoms with Crippen LogP contribution in [0.25, 0.3) is 27.3 Å². The molecular weight excluding hydrogens is 458 g/mol. The number of aromatic nitrogens is 3. The Morgan fingerprint density at radius 1 is 1.23 bits per heavy atom. The van der Waals surface area contributed by atoms with E-state index in [1.807, 2.05) is 59.0 Å². The average Bonchev–Trinajstić information content (AvgIpc) is 3.46. The van der Waals surface area contributed by atoms with Crippen molar-refractivity contribution in [2.45, 2.75) is 45.6 Å². The number of methoxy groups -OCH3 is 1.